The zero-order valence-electron chi connectivity index (χ0n) is 15.9. The smallest absolute Gasteiger partial charge is 0.356 e. The summed E-state index contributed by atoms with van der Waals surface area (Å²) in [4.78, 5) is 21.4. The van der Waals surface area contributed by atoms with Gasteiger partial charge in [-0.2, -0.15) is 13.2 Å². The summed E-state index contributed by atoms with van der Waals surface area (Å²) in [5.41, 5.74) is 0.931. The molecule has 0 aromatic carbocycles. The Morgan fingerprint density at radius 2 is 1.76 bits per heavy atom. The summed E-state index contributed by atoms with van der Waals surface area (Å²) in [7, 11) is 1.92. The molecular weight excluding hydrogens is 383 g/mol. The van der Waals surface area contributed by atoms with Gasteiger partial charge in [-0.05, 0) is 25.0 Å². The lowest BCUT2D eigenvalue weighted by Crippen LogP contribution is -2.31. The lowest BCUT2D eigenvalue weighted by Gasteiger charge is -2.26. The monoisotopic (exact) mass is 403 g/mol. The zero-order valence-corrected chi connectivity index (χ0v) is 15.9. The predicted molar refractivity (Wildman–Crippen MR) is 102 cm³/mol. The fraction of sp³-hybridized carbons (Fsp3) is 0.474. The maximum Gasteiger partial charge on any atom is 0.416 e. The lowest BCUT2D eigenvalue weighted by molar-refractivity contribution is -0.137. The fourth-order valence-electron chi connectivity index (χ4n) is 4.55. The van der Waals surface area contributed by atoms with E-state index in [1.807, 2.05) is 16.5 Å². The Labute approximate surface area is 165 Å². The standard InChI is InChI=1S/C19H20F3N7/c1-27-12-26-16-15(27)17(25-11-24-16)29-7-4-18(10-29)3-6-28(9-18)14-8-13(2-5-23-14)19(20,21)22/h2,5,8,11-12H,3-4,6-7,9-10H2,1H3/t18-/m0/s1. The van der Waals surface area contributed by atoms with Crippen molar-refractivity contribution >= 4 is 22.8 Å². The van der Waals surface area contributed by atoms with E-state index >= 15 is 0 Å². The second kappa shape index (κ2) is 6.30. The average Bonchev–Trinajstić information content (AvgIpc) is 3.41. The first kappa shape index (κ1) is 18.1. The van der Waals surface area contributed by atoms with Gasteiger partial charge in [0.2, 0.25) is 0 Å². The molecule has 0 unspecified atom stereocenters. The van der Waals surface area contributed by atoms with Crippen molar-refractivity contribution in [2.24, 2.45) is 12.5 Å². The van der Waals surface area contributed by atoms with Crippen molar-refractivity contribution in [2.75, 3.05) is 36.0 Å². The normalized spacial score (nSPS) is 22.3. The molecule has 152 valence electrons. The van der Waals surface area contributed by atoms with E-state index in [0.717, 1.165) is 49.4 Å². The van der Waals surface area contributed by atoms with Gasteiger partial charge in [0.1, 0.15) is 17.7 Å². The van der Waals surface area contributed by atoms with Gasteiger partial charge in [0, 0.05) is 44.8 Å². The number of hydrogen-bond donors (Lipinski definition) is 0. The molecule has 2 saturated heterocycles. The number of alkyl halides is 3. The number of anilines is 2. The van der Waals surface area contributed by atoms with E-state index in [2.05, 4.69) is 24.8 Å². The number of pyridine rings is 1. The number of hydrogen-bond acceptors (Lipinski definition) is 6. The van der Waals surface area contributed by atoms with Crippen molar-refractivity contribution < 1.29 is 13.2 Å². The summed E-state index contributed by atoms with van der Waals surface area (Å²) < 4.78 is 41.1. The molecule has 0 N–H and O–H groups in total. The van der Waals surface area contributed by atoms with Gasteiger partial charge in [-0.1, -0.05) is 0 Å². The summed E-state index contributed by atoms with van der Waals surface area (Å²) >= 11 is 0. The van der Waals surface area contributed by atoms with Gasteiger partial charge in [-0.25, -0.2) is 19.9 Å². The number of imidazole rings is 1. The Bertz CT molecular complexity index is 1060. The first-order chi connectivity index (χ1) is 13.8. The van der Waals surface area contributed by atoms with Gasteiger partial charge in [-0.3, -0.25) is 0 Å². The summed E-state index contributed by atoms with van der Waals surface area (Å²) in [5, 5.41) is 0. The summed E-state index contributed by atoms with van der Waals surface area (Å²) in [6.07, 6.45) is 2.02. The molecule has 7 nitrogen and oxygen atoms in total. The number of fused-ring (bicyclic) bond motifs is 1. The first-order valence-corrected chi connectivity index (χ1v) is 9.50. The molecule has 3 aromatic rings. The summed E-state index contributed by atoms with van der Waals surface area (Å²) in [5.74, 6) is 1.26. The molecule has 5 heterocycles. The van der Waals surface area contributed by atoms with Crippen LogP contribution in [0, 0.1) is 5.41 Å². The van der Waals surface area contributed by atoms with Gasteiger partial charge < -0.3 is 14.4 Å². The maximum absolute atomic E-state index is 13.0. The van der Waals surface area contributed by atoms with Crippen LogP contribution in [0.4, 0.5) is 24.8 Å². The van der Waals surface area contributed by atoms with Crippen molar-refractivity contribution in [3.05, 3.63) is 36.5 Å². The van der Waals surface area contributed by atoms with Crippen molar-refractivity contribution in [1.82, 2.24) is 24.5 Å². The SMILES string of the molecule is Cn1cnc2ncnc(N3CC[C@]4(CCN(c5cc(C(F)(F)F)ccn5)C4)C3)c21. The van der Waals surface area contributed by atoms with Gasteiger partial charge in [-0.15, -0.1) is 0 Å². The van der Waals surface area contributed by atoms with Crippen molar-refractivity contribution in [3.63, 3.8) is 0 Å². The highest BCUT2D eigenvalue weighted by atomic mass is 19.4. The van der Waals surface area contributed by atoms with Crippen LogP contribution >= 0.6 is 0 Å². The van der Waals surface area contributed by atoms with Crippen LogP contribution in [0.2, 0.25) is 0 Å². The second-order valence-electron chi connectivity index (χ2n) is 7.97. The molecule has 1 atom stereocenters. The number of aromatic nitrogens is 5. The molecule has 0 amide bonds. The van der Waals surface area contributed by atoms with E-state index in [1.165, 1.54) is 12.5 Å². The number of halogens is 3. The Kier molecular flexibility index (Phi) is 3.94. The molecule has 0 aliphatic carbocycles. The fourth-order valence-corrected chi connectivity index (χ4v) is 4.55. The van der Waals surface area contributed by atoms with Crippen molar-refractivity contribution in [1.29, 1.82) is 0 Å². The first-order valence-electron chi connectivity index (χ1n) is 9.50. The van der Waals surface area contributed by atoms with Crippen molar-refractivity contribution in [3.8, 4) is 0 Å². The van der Waals surface area contributed by atoms with E-state index in [-0.39, 0.29) is 5.41 Å². The Morgan fingerprint density at radius 3 is 2.55 bits per heavy atom. The molecule has 2 aliphatic rings. The molecule has 3 aromatic heterocycles. The van der Waals surface area contributed by atoms with Crippen LogP contribution in [-0.2, 0) is 13.2 Å². The Morgan fingerprint density at radius 1 is 1.00 bits per heavy atom. The lowest BCUT2D eigenvalue weighted by atomic mass is 9.86. The highest BCUT2D eigenvalue weighted by Crippen LogP contribution is 2.43. The largest absolute Gasteiger partial charge is 0.416 e. The molecule has 1 spiro atoms. The molecule has 0 radical (unpaired) electrons. The van der Waals surface area contributed by atoms with Crippen molar-refractivity contribution in [2.45, 2.75) is 19.0 Å². The third-order valence-corrected chi connectivity index (χ3v) is 6.06. The summed E-state index contributed by atoms with van der Waals surface area (Å²) in [6, 6.07) is 2.16. The van der Waals surface area contributed by atoms with E-state index in [0.29, 0.717) is 24.6 Å². The predicted octanol–water partition coefficient (Wildman–Crippen LogP) is 2.88. The van der Waals surface area contributed by atoms with Crippen LogP contribution in [0.1, 0.15) is 18.4 Å². The van der Waals surface area contributed by atoms with E-state index < -0.39 is 11.7 Å². The third kappa shape index (κ3) is 3.06. The van der Waals surface area contributed by atoms with Gasteiger partial charge in [0.15, 0.2) is 11.5 Å². The zero-order chi connectivity index (χ0) is 20.2. The minimum absolute atomic E-state index is 0.0196. The minimum atomic E-state index is -4.36. The number of aryl methyl sites for hydroxylation is 1. The number of rotatable bonds is 2. The van der Waals surface area contributed by atoms with Gasteiger partial charge >= 0.3 is 6.18 Å². The quantitative estimate of drug-likeness (QED) is 0.656. The van der Waals surface area contributed by atoms with Crippen LogP contribution in [0.3, 0.4) is 0 Å². The minimum Gasteiger partial charge on any atom is -0.356 e. The van der Waals surface area contributed by atoms with Crippen LogP contribution in [0.5, 0.6) is 0 Å². The number of nitrogens with zero attached hydrogens (tertiary/aromatic N) is 7. The molecule has 5 rings (SSSR count). The molecule has 2 aliphatic heterocycles. The van der Waals surface area contributed by atoms with Gasteiger partial charge in [0.05, 0.1) is 11.9 Å². The molecule has 2 fully saturated rings. The topological polar surface area (TPSA) is 63.0 Å². The van der Waals surface area contributed by atoms with E-state index in [9.17, 15) is 13.2 Å². The second-order valence-corrected chi connectivity index (χ2v) is 7.97. The molecule has 0 saturated carbocycles. The molecule has 29 heavy (non-hydrogen) atoms. The van der Waals surface area contributed by atoms with Crippen LogP contribution < -0.4 is 9.80 Å². The van der Waals surface area contributed by atoms with E-state index in [4.69, 9.17) is 0 Å². The van der Waals surface area contributed by atoms with Crippen LogP contribution in [-0.4, -0.2) is 50.7 Å². The Balaban J connectivity index is 1.37. The van der Waals surface area contributed by atoms with Crippen LogP contribution in [0.25, 0.3) is 11.2 Å². The van der Waals surface area contributed by atoms with Crippen LogP contribution in [0.15, 0.2) is 31.0 Å². The Hall–Kier alpha value is -2.91. The van der Waals surface area contributed by atoms with E-state index in [1.54, 1.807) is 6.33 Å². The highest BCUT2D eigenvalue weighted by Gasteiger charge is 2.45. The third-order valence-electron chi connectivity index (χ3n) is 6.06. The highest BCUT2D eigenvalue weighted by molar-refractivity contribution is 5.83. The molecular formula is C19H20F3N7. The molecule has 10 heteroatoms. The molecule has 0 bridgehead atoms. The maximum atomic E-state index is 13.0. The average molecular weight is 403 g/mol. The van der Waals surface area contributed by atoms with Gasteiger partial charge in [0.25, 0.3) is 0 Å². The summed E-state index contributed by atoms with van der Waals surface area (Å²) in [6.45, 7) is 3.05.